The van der Waals surface area contributed by atoms with Crippen molar-refractivity contribution in [2.75, 3.05) is 13.7 Å². The van der Waals surface area contributed by atoms with Gasteiger partial charge in [0, 0.05) is 6.54 Å². The molecule has 0 aromatic heterocycles. The van der Waals surface area contributed by atoms with Gasteiger partial charge in [-0.1, -0.05) is 72.8 Å². The number of hydrogen-bond donors (Lipinski definition) is 1. The Hall–Kier alpha value is -5.22. The van der Waals surface area contributed by atoms with Crippen LogP contribution in [0.5, 0.6) is 23.0 Å². The second kappa shape index (κ2) is 14.8. The van der Waals surface area contributed by atoms with Crippen molar-refractivity contribution >= 4 is 12.0 Å². The highest BCUT2D eigenvalue weighted by Gasteiger charge is 2.12. The van der Waals surface area contributed by atoms with Gasteiger partial charge in [0.15, 0.2) is 23.0 Å². The van der Waals surface area contributed by atoms with Crippen LogP contribution in [0.1, 0.15) is 29.2 Å². The molecule has 0 aliphatic carbocycles. The van der Waals surface area contributed by atoms with Crippen LogP contribution in [0.2, 0.25) is 0 Å². The highest BCUT2D eigenvalue weighted by atomic mass is 16.5. The SMILES string of the molecule is CCOc1cc(COc2ccc(/C=C(\C#N)C(=O)NCc3ccccc3)cc2OC)ccc1OCc1ccccc1. The maximum Gasteiger partial charge on any atom is 0.262 e. The molecule has 0 atom stereocenters. The van der Waals surface area contributed by atoms with Crippen LogP contribution in [0.4, 0.5) is 0 Å². The fraction of sp³-hybridized carbons (Fsp3) is 0.176. The maximum atomic E-state index is 12.6. The van der Waals surface area contributed by atoms with Crippen molar-refractivity contribution in [2.45, 2.75) is 26.7 Å². The van der Waals surface area contributed by atoms with Crippen LogP contribution in [0.15, 0.2) is 103 Å². The number of carbonyl (C=O) groups excluding carboxylic acids is 1. The summed E-state index contributed by atoms with van der Waals surface area (Å²) < 4.78 is 23.4. The first-order valence-corrected chi connectivity index (χ1v) is 13.3. The number of hydrogen-bond acceptors (Lipinski definition) is 6. The Kier molecular flexibility index (Phi) is 10.4. The molecule has 4 aromatic rings. The molecule has 7 nitrogen and oxygen atoms in total. The molecular formula is C34H32N2O5. The van der Waals surface area contributed by atoms with E-state index in [0.29, 0.717) is 48.3 Å². The number of nitrogens with one attached hydrogen (secondary N) is 1. The van der Waals surface area contributed by atoms with Crippen molar-refractivity contribution in [3.8, 4) is 29.1 Å². The molecule has 0 heterocycles. The smallest absolute Gasteiger partial charge is 0.262 e. The first-order chi connectivity index (χ1) is 20.1. The summed E-state index contributed by atoms with van der Waals surface area (Å²) in [6.45, 7) is 3.48. The summed E-state index contributed by atoms with van der Waals surface area (Å²) in [5, 5.41) is 12.3. The Labute approximate surface area is 240 Å². The van der Waals surface area contributed by atoms with Crippen molar-refractivity contribution in [3.63, 3.8) is 0 Å². The summed E-state index contributed by atoms with van der Waals surface area (Å²) in [4.78, 5) is 12.6. The molecule has 0 fully saturated rings. The molecule has 0 saturated heterocycles. The molecule has 0 spiro atoms. The third-order valence-electron chi connectivity index (χ3n) is 6.10. The van der Waals surface area contributed by atoms with Crippen LogP contribution in [0.3, 0.4) is 0 Å². The lowest BCUT2D eigenvalue weighted by Crippen LogP contribution is -2.23. The van der Waals surface area contributed by atoms with Crippen molar-refractivity contribution in [3.05, 3.63) is 125 Å². The second-order valence-electron chi connectivity index (χ2n) is 9.03. The van der Waals surface area contributed by atoms with Crippen LogP contribution in [0, 0.1) is 11.3 Å². The lowest BCUT2D eigenvalue weighted by molar-refractivity contribution is -0.117. The fourth-order valence-electron chi connectivity index (χ4n) is 4.01. The monoisotopic (exact) mass is 548 g/mol. The predicted octanol–water partition coefficient (Wildman–Crippen LogP) is 6.48. The van der Waals surface area contributed by atoms with E-state index in [9.17, 15) is 10.1 Å². The third-order valence-corrected chi connectivity index (χ3v) is 6.10. The molecule has 0 radical (unpaired) electrons. The van der Waals surface area contributed by atoms with E-state index in [0.717, 1.165) is 16.7 Å². The van der Waals surface area contributed by atoms with E-state index in [4.69, 9.17) is 18.9 Å². The Balaban J connectivity index is 1.41. The lowest BCUT2D eigenvalue weighted by atomic mass is 10.1. The van der Waals surface area contributed by atoms with Crippen molar-refractivity contribution in [1.82, 2.24) is 5.32 Å². The van der Waals surface area contributed by atoms with E-state index in [1.165, 1.54) is 6.08 Å². The van der Waals surface area contributed by atoms with E-state index < -0.39 is 5.91 Å². The minimum Gasteiger partial charge on any atom is -0.493 e. The minimum atomic E-state index is -0.447. The normalized spacial score (nSPS) is 10.8. The molecule has 0 saturated carbocycles. The average molecular weight is 549 g/mol. The molecule has 0 unspecified atom stereocenters. The van der Waals surface area contributed by atoms with E-state index in [2.05, 4.69) is 5.32 Å². The fourth-order valence-corrected chi connectivity index (χ4v) is 4.01. The quantitative estimate of drug-likeness (QED) is 0.152. The first kappa shape index (κ1) is 28.8. The molecule has 4 aromatic carbocycles. The van der Waals surface area contributed by atoms with E-state index in [1.54, 1.807) is 25.3 Å². The number of benzene rings is 4. The number of amides is 1. The molecule has 7 heteroatoms. The molecule has 1 amide bonds. The minimum absolute atomic E-state index is 0.00493. The standard InChI is InChI=1S/C34H32N2O5/c1-3-39-33-20-28(15-17-31(33)40-23-26-12-8-5-9-13-26)24-41-30-16-14-27(19-32(30)38-2)18-29(21-35)34(37)36-22-25-10-6-4-7-11-25/h4-20H,3,22-24H2,1-2H3,(H,36,37)/b29-18+. The van der Waals surface area contributed by atoms with Gasteiger partial charge in [0.25, 0.3) is 5.91 Å². The highest BCUT2D eigenvalue weighted by Crippen LogP contribution is 2.32. The van der Waals surface area contributed by atoms with Crippen molar-refractivity contribution < 1.29 is 23.7 Å². The number of methoxy groups -OCH3 is 1. The number of nitrogens with zero attached hydrogens (tertiary/aromatic N) is 1. The lowest BCUT2D eigenvalue weighted by Gasteiger charge is -2.15. The van der Waals surface area contributed by atoms with Gasteiger partial charge < -0.3 is 24.3 Å². The first-order valence-electron chi connectivity index (χ1n) is 13.3. The molecule has 4 rings (SSSR count). The van der Waals surface area contributed by atoms with E-state index in [-0.39, 0.29) is 12.2 Å². The van der Waals surface area contributed by atoms with Crippen LogP contribution < -0.4 is 24.3 Å². The maximum absolute atomic E-state index is 12.6. The van der Waals surface area contributed by atoms with Crippen LogP contribution in [-0.4, -0.2) is 19.6 Å². The Morgan fingerprint density at radius 3 is 2.05 bits per heavy atom. The Bertz CT molecular complexity index is 1510. The van der Waals surface area contributed by atoms with Crippen LogP contribution in [0.25, 0.3) is 6.08 Å². The summed E-state index contributed by atoms with van der Waals surface area (Å²) >= 11 is 0. The highest BCUT2D eigenvalue weighted by molar-refractivity contribution is 6.01. The average Bonchev–Trinajstić information content (AvgIpc) is 3.02. The molecular weight excluding hydrogens is 516 g/mol. The predicted molar refractivity (Wildman–Crippen MR) is 158 cm³/mol. The summed E-state index contributed by atoms with van der Waals surface area (Å²) in [6, 6.07) is 32.4. The molecule has 0 aliphatic heterocycles. The number of nitriles is 1. The van der Waals surface area contributed by atoms with E-state index >= 15 is 0 Å². The zero-order valence-electron chi connectivity index (χ0n) is 23.1. The molecule has 0 aliphatic rings. The summed E-state index contributed by atoms with van der Waals surface area (Å²) in [5.41, 5.74) is 3.55. The van der Waals surface area contributed by atoms with Gasteiger partial charge in [-0.15, -0.1) is 0 Å². The molecule has 208 valence electrons. The van der Waals surface area contributed by atoms with Gasteiger partial charge in [-0.05, 0) is 59.5 Å². The Morgan fingerprint density at radius 2 is 1.39 bits per heavy atom. The van der Waals surface area contributed by atoms with Gasteiger partial charge in [-0.3, -0.25) is 4.79 Å². The van der Waals surface area contributed by atoms with E-state index in [1.807, 2.05) is 91.9 Å². The summed E-state index contributed by atoms with van der Waals surface area (Å²) in [6.07, 6.45) is 1.52. The van der Waals surface area contributed by atoms with Crippen LogP contribution in [-0.2, 0) is 24.6 Å². The Morgan fingerprint density at radius 1 is 0.756 bits per heavy atom. The number of rotatable bonds is 13. The largest absolute Gasteiger partial charge is 0.493 e. The zero-order chi connectivity index (χ0) is 28.9. The second-order valence-corrected chi connectivity index (χ2v) is 9.03. The van der Waals surface area contributed by atoms with Gasteiger partial charge in [0.1, 0.15) is 24.9 Å². The molecule has 1 N–H and O–H groups in total. The van der Waals surface area contributed by atoms with Crippen LogP contribution >= 0.6 is 0 Å². The topological polar surface area (TPSA) is 89.8 Å². The number of carbonyl (C=O) groups is 1. The van der Waals surface area contributed by atoms with Gasteiger partial charge >= 0.3 is 0 Å². The van der Waals surface area contributed by atoms with Gasteiger partial charge in [-0.25, -0.2) is 0 Å². The van der Waals surface area contributed by atoms with Gasteiger partial charge in [0.05, 0.1) is 13.7 Å². The van der Waals surface area contributed by atoms with Crippen molar-refractivity contribution in [1.29, 1.82) is 5.26 Å². The van der Waals surface area contributed by atoms with Gasteiger partial charge in [-0.2, -0.15) is 5.26 Å². The van der Waals surface area contributed by atoms with Gasteiger partial charge in [0.2, 0.25) is 0 Å². The summed E-state index contributed by atoms with van der Waals surface area (Å²) in [5.74, 6) is 1.87. The molecule has 41 heavy (non-hydrogen) atoms. The van der Waals surface area contributed by atoms with Crippen molar-refractivity contribution in [2.24, 2.45) is 0 Å². The number of ether oxygens (including phenoxy) is 4. The summed E-state index contributed by atoms with van der Waals surface area (Å²) in [7, 11) is 1.54. The molecule has 0 bridgehead atoms. The zero-order valence-corrected chi connectivity index (χ0v) is 23.1. The third kappa shape index (κ3) is 8.38.